The minimum Gasteiger partial charge on any atom is -0.491 e. The highest BCUT2D eigenvalue weighted by Gasteiger charge is 2.16. The zero-order chi connectivity index (χ0) is 21.4. The minimum atomic E-state index is -0.485. The van der Waals surface area contributed by atoms with Crippen molar-refractivity contribution in [3.8, 4) is 5.75 Å². The summed E-state index contributed by atoms with van der Waals surface area (Å²) in [5.41, 5.74) is 0.788. The second-order valence-electron chi connectivity index (χ2n) is 7.44. The lowest BCUT2D eigenvalue weighted by atomic mass is 10.1. The highest BCUT2D eigenvalue weighted by molar-refractivity contribution is 9.10. The van der Waals surface area contributed by atoms with Gasteiger partial charge in [-0.25, -0.2) is 0 Å². The number of carbonyl (C=O) groups excluding carboxylic acids is 2. The van der Waals surface area contributed by atoms with Crippen molar-refractivity contribution in [2.24, 2.45) is 0 Å². The molecule has 1 N–H and O–H groups in total. The molecule has 0 spiro atoms. The Hall–Kier alpha value is -2.05. The quantitative estimate of drug-likeness (QED) is 0.274. The average Bonchev–Trinajstić information content (AvgIpc) is 2.65. The molecule has 0 saturated carbocycles. The Morgan fingerprint density at radius 2 is 1.86 bits per heavy atom. The van der Waals surface area contributed by atoms with E-state index in [0.29, 0.717) is 39.5 Å². The lowest BCUT2D eigenvalue weighted by Crippen LogP contribution is -2.24. The molecule has 0 unspecified atom stereocenters. The lowest BCUT2D eigenvalue weighted by Gasteiger charge is -2.19. The van der Waals surface area contributed by atoms with Crippen LogP contribution < -0.4 is 10.1 Å². The van der Waals surface area contributed by atoms with Crippen molar-refractivity contribution in [2.75, 3.05) is 18.5 Å². The number of hydrogen-bond donors (Lipinski definition) is 1. The number of nitrogens with one attached hydrogen (secondary N) is 1. The van der Waals surface area contributed by atoms with Crippen LogP contribution in [0.25, 0.3) is 0 Å². The number of halogens is 2. The van der Waals surface area contributed by atoms with Gasteiger partial charge in [0, 0.05) is 16.5 Å². The maximum absolute atomic E-state index is 12.4. The van der Waals surface area contributed by atoms with Crippen LogP contribution in [0.15, 0.2) is 46.9 Å². The van der Waals surface area contributed by atoms with E-state index >= 15 is 0 Å². The molecular formula is C22H25BrClNO4. The second-order valence-corrected chi connectivity index (χ2v) is 8.70. The molecule has 156 valence electrons. The Morgan fingerprint density at radius 3 is 2.55 bits per heavy atom. The molecule has 29 heavy (non-hydrogen) atoms. The Balaban J connectivity index is 1.86. The molecule has 0 saturated heterocycles. The van der Waals surface area contributed by atoms with Crippen molar-refractivity contribution in [3.63, 3.8) is 0 Å². The van der Waals surface area contributed by atoms with Gasteiger partial charge in [0.15, 0.2) is 5.78 Å². The molecule has 0 aliphatic heterocycles. The molecule has 7 heteroatoms. The minimum absolute atomic E-state index is 0.0675. The Morgan fingerprint density at radius 1 is 1.14 bits per heavy atom. The Kier molecular flexibility index (Phi) is 8.53. The summed E-state index contributed by atoms with van der Waals surface area (Å²) in [6.07, 6.45) is 0.831. The van der Waals surface area contributed by atoms with E-state index in [1.165, 1.54) is 0 Å². The standard InChI is InChI=1S/C22H25BrClNO4/c1-22(2,3)29-21(27)9-6-12-28-20-8-5-4-7-18(20)25-14-19(26)15-10-11-17(24)16(23)13-15/h4-5,7-8,10-11,13,25H,6,9,12,14H2,1-3H3. The summed E-state index contributed by atoms with van der Waals surface area (Å²) in [6.45, 7) is 6.01. The van der Waals surface area contributed by atoms with Crippen LogP contribution in [0.4, 0.5) is 5.69 Å². The smallest absolute Gasteiger partial charge is 0.306 e. The van der Waals surface area contributed by atoms with Gasteiger partial charge in [0.1, 0.15) is 11.4 Å². The van der Waals surface area contributed by atoms with Gasteiger partial charge in [-0.2, -0.15) is 0 Å². The third kappa shape index (κ3) is 8.07. The van der Waals surface area contributed by atoms with Crippen molar-refractivity contribution < 1.29 is 19.1 Å². The van der Waals surface area contributed by atoms with Gasteiger partial charge in [0.2, 0.25) is 0 Å². The number of para-hydroxylation sites is 2. The first-order chi connectivity index (χ1) is 13.7. The van der Waals surface area contributed by atoms with Gasteiger partial charge in [0.25, 0.3) is 0 Å². The fourth-order valence-electron chi connectivity index (χ4n) is 2.48. The molecule has 0 fully saturated rings. The first kappa shape index (κ1) is 23.2. The fraction of sp³-hybridized carbons (Fsp3) is 0.364. The number of benzene rings is 2. The van der Waals surface area contributed by atoms with Gasteiger partial charge in [-0.05, 0) is 73.5 Å². The summed E-state index contributed by atoms with van der Waals surface area (Å²) >= 11 is 9.30. The third-order valence-corrected chi connectivity index (χ3v) is 4.98. The predicted octanol–water partition coefficient (Wildman–Crippen LogP) is 5.90. The third-order valence-electron chi connectivity index (χ3n) is 3.77. The normalized spacial score (nSPS) is 11.1. The van der Waals surface area contributed by atoms with Gasteiger partial charge in [-0.3, -0.25) is 9.59 Å². The zero-order valence-corrected chi connectivity index (χ0v) is 19.1. The molecule has 0 aliphatic carbocycles. The molecule has 0 bridgehead atoms. The number of ether oxygens (including phenoxy) is 2. The molecule has 2 rings (SSSR count). The molecule has 2 aromatic rings. The number of hydrogen-bond acceptors (Lipinski definition) is 5. The van der Waals surface area contributed by atoms with Crippen LogP contribution >= 0.6 is 27.5 Å². The van der Waals surface area contributed by atoms with Gasteiger partial charge in [-0.1, -0.05) is 23.7 Å². The first-order valence-electron chi connectivity index (χ1n) is 9.31. The lowest BCUT2D eigenvalue weighted by molar-refractivity contribution is -0.155. The molecule has 0 aromatic heterocycles. The maximum atomic E-state index is 12.4. The van der Waals surface area contributed by atoms with Crippen LogP contribution in [0, 0.1) is 0 Å². The molecule has 0 heterocycles. The van der Waals surface area contributed by atoms with Crippen LogP contribution in [0.3, 0.4) is 0 Å². The van der Waals surface area contributed by atoms with E-state index in [1.807, 2.05) is 45.0 Å². The van der Waals surface area contributed by atoms with Crippen LogP contribution in [0.5, 0.6) is 5.75 Å². The van der Waals surface area contributed by atoms with Crippen molar-refractivity contribution >= 4 is 45.0 Å². The largest absolute Gasteiger partial charge is 0.491 e. The summed E-state index contributed by atoms with van der Waals surface area (Å²) in [5.74, 6) is 0.316. The Labute approximate surface area is 184 Å². The Bertz CT molecular complexity index is 864. The van der Waals surface area contributed by atoms with Gasteiger partial charge in [-0.15, -0.1) is 0 Å². The van der Waals surface area contributed by atoms with Gasteiger partial charge < -0.3 is 14.8 Å². The topological polar surface area (TPSA) is 64.6 Å². The number of esters is 1. The monoisotopic (exact) mass is 481 g/mol. The van der Waals surface area contributed by atoms with E-state index < -0.39 is 5.60 Å². The number of rotatable bonds is 9. The van der Waals surface area contributed by atoms with Gasteiger partial charge in [0.05, 0.1) is 23.9 Å². The van der Waals surface area contributed by atoms with Gasteiger partial charge >= 0.3 is 5.97 Å². The van der Waals surface area contributed by atoms with Crippen LogP contribution in [-0.4, -0.2) is 30.5 Å². The van der Waals surface area contributed by atoms with Crippen molar-refractivity contribution in [2.45, 2.75) is 39.2 Å². The van der Waals surface area contributed by atoms with E-state index in [1.54, 1.807) is 18.2 Å². The molecule has 0 aliphatic rings. The molecule has 0 radical (unpaired) electrons. The number of anilines is 1. The number of ketones is 1. The predicted molar refractivity (Wildman–Crippen MR) is 119 cm³/mol. The summed E-state index contributed by atoms with van der Waals surface area (Å²) in [6, 6.07) is 12.4. The zero-order valence-electron chi connectivity index (χ0n) is 16.8. The highest BCUT2D eigenvalue weighted by Crippen LogP contribution is 2.25. The maximum Gasteiger partial charge on any atom is 0.306 e. The van der Waals surface area contributed by atoms with E-state index in [0.717, 1.165) is 0 Å². The van der Waals surface area contributed by atoms with Crippen molar-refractivity contribution in [1.82, 2.24) is 0 Å². The van der Waals surface area contributed by atoms with E-state index in [-0.39, 0.29) is 24.7 Å². The fourth-order valence-corrected chi connectivity index (χ4v) is 2.97. The molecular weight excluding hydrogens is 458 g/mol. The van der Waals surface area contributed by atoms with Crippen molar-refractivity contribution in [3.05, 3.63) is 57.5 Å². The molecule has 2 aromatic carbocycles. The van der Waals surface area contributed by atoms with E-state index in [2.05, 4.69) is 21.2 Å². The summed E-state index contributed by atoms with van der Waals surface area (Å²) in [5, 5.41) is 3.67. The summed E-state index contributed by atoms with van der Waals surface area (Å²) in [7, 11) is 0. The van der Waals surface area contributed by atoms with Crippen molar-refractivity contribution in [1.29, 1.82) is 0 Å². The summed E-state index contributed by atoms with van der Waals surface area (Å²) < 4.78 is 11.7. The van der Waals surface area contributed by atoms with E-state index in [9.17, 15) is 9.59 Å². The average molecular weight is 483 g/mol. The molecule has 0 amide bonds. The number of Topliss-reactive ketones (excluding diaryl/α,β-unsaturated/α-hetero) is 1. The van der Waals surface area contributed by atoms with Crippen LogP contribution in [0.1, 0.15) is 44.0 Å². The summed E-state index contributed by atoms with van der Waals surface area (Å²) in [4.78, 5) is 24.2. The molecule has 0 atom stereocenters. The second kappa shape index (κ2) is 10.6. The SMILES string of the molecule is CC(C)(C)OC(=O)CCCOc1ccccc1NCC(=O)c1ccc(Cl)c(Br)c1. The first-order valence-corrected chi connectivity index (χ1v) is 10.5. The van der Waals surface area contributed by atoms with Crippen LogP contribution in [-0.2, 0) is 9.53 Å². The van der Waals surface area contributed by atoms with E-state index in [4.69, 9.17) is 21.1 Å². The highest BCUT2D eigenvalue weighted by atomic mass is 79.9. The number of carbonyl (C=O) groups is 2. The van der Waals surface area contributed by atoms with Crippen LogP contribution in [0.2, 0.25) is 5.02 Å². The molecule has 5 nitrogen and oxygen atoms in total.